The lowest BCUT2D eigenvalue weighted by Crippen LogP contribution is -2.12. The van der Waals surface area contributed by atoms with Crippen LogP contribution in [0.3, 0.4) is 0 Å². The van der Waals surface area contributed by atoms with Gasteiger partial charge in [-0.1, -0.05) is 0 Å². The van der Waals surface area contributed by atoms with Crippen LogP contribution in [0.4, 0.5) is 0 Å². The van der Waals surface area contributed by atoms with Crippen molar-refractivity contribution < 1.29 is 9.21 Å². The van der Waals surface area contributed by atoms with Crippen LogP contribution in [0.2, 0.25) is 0 Å². The van der Waals surface area contributed by atoms with Gasteiger partial charge in [-0.2, -0.15) is 5.10 Å². The molecule has 0 saturated carbocycles. The fraction of sp³-hybridized carbons (Fsp3) is 0.250. The van der Waals surface area contributed by atoms with Gasteiger partial charge in [0.2, 0.25) is 5.91 Å². The second-order valence-electron chi connectivity index (χ2n) is 2.37. The predicted molar refractivity (Wildman–Crippen MR) is 44.9 cm³/mol. The average molecular weight is 166 g/mol. The van der Waals surface area contributed by atoms with E-state index >= 15 is 0 Å². The highest BCUT2D eigenvalue weighted by atomic mass is 16.3. The van der Waals surface area contributed by atoms with Gasteiger partial charge in [-0.15, -0.1) is 0 Å². The molecular formula is C8H10N2O2. The maximum atomic E-state index is 10.4. The second-order valence-corrected chi connectivity index (χ2v) is 2.37. The van der Waals surface area contributed by atoms with Crippen LogP contribution in [0.5, 0.6) is 0 Å². The molecule has 0 bridgehead atoms. The molecule has 1 amide bonds. The van der Waals surface area contributed by atoms with Gasteiger partial charge in [0.05, 0.1) is 6.21 Å². The van der Waals surface area contributed by atoms with Crippen molar-refractivity contribution in [3.8, 4) is 0 Å². The molecule has 0 fully saturated rings. The molecule has 1 rings (SSSR count). The molecule has 4 nitrogen and oxygen atoms in total. The quantitative estimate of drug-likeness (QED) is 0.527. The topological polar surface area (TPSA) is 54.6 Å². The summed E-state index contributed by atoms with van der Waals surface area (Å²) in [5.41, 5.74) is 2.27. The van der Waals surface area contributed by atoms with E-state index in [0.717, 1.165) is 5.76 Å². The van der Waals surface area contributed by atoms with Crippen molar-refractivity contribution in [2.45, 2.75) is 13.8 Å². The molecular weight excluding hydrogens is 156 g/mol. The monoisotopic (exact) mass is 166 g/mol. The van der Waals surface area contributed by atoms with Crippen molar-refractivity contribution in [3.05, 3.63) is 23.7 Å². The number of rotatable bonds is 2. The molecule has 0 saturated heterocycles. The summed E-state index contributed by atoms with van der Waals surface area (Å²) >= 11 is 0. The van der Waals surface area contributed by atoms with Crippen LogP contribution in [-0.4, -0.2) is 12.1 Å². The Hall–Kier alpha value is -1.58. The van der Waals surface area contributed by atoms with E-state index in [-0.39, 0.29) is 5.91 Å². The fourth-order valence-electron chi connectivity index (χ4n) is 0.710. The van der Waals surface area contributed by atoms with Crippen LogP contribution in [0.15, 0.2) is 21.7 Å². The Labute approximate surface area is 70.3 Å². The van der Waals surface area contributed by atoms with Gasteiger partial charge in [-0.3, -0.25) is 4.79 Å². The molecule has 12 heavy (non-hydrogen) atoms. The van der Waals surface area contributed by atoms with Crippen molar-refractivity contribution in [2.75, 3.05) is 0 Å². The lowest BCUT2D eigenvalue weighted by Gasteiger charge is -1.88. The Morgan fingerprint density at radius 2 is 2.42 bits per heavy atom. The summed E-state index contributed by atoms with van der Waals surface area (Å²) in [6, 6.07) is 3.61. The summed E-state index contributed by atoms with van der Waals surface area (Å²) in [6.07, 6.45) is 1.45. The Balaban J connectivity index is 2.52. The van der Waals surface area contributed by atoms with Crippen LogP contribution in [0.1, 0.15) is 18.4 Å². The Morgan fingerprint density at radius 3 is 2.92 bits per heavy atom. The fourth-order valence-corrected chi connectivity index (χ4v) is 0.710. The van der Waals surface area contributed by atoms with Crippen LogP contribution >= 0.6 is 0 Å². The van der Waals surface area contributed by atoms with Gasteiger partial charge in [0.15, 0.2) is 0 Å². The number of hydrogen-bond acceptors (Lipinski definition) is 3. The van der Waals surface area contributed by atoms with E-state index < -0.39 is 0 Å². The first-order chi connectivity index (χ1) is 5.68. The number of carbonyl (C=O) groups excluding carboxylic acids is 1. The molecule has 0 aromatic carbocycles. The summed E-state index contributed by atoms with van der Waals surface area (Å²) in [4.78, 5) is 10.4. The number of nitrogens with one attached hydrogen (secondary N) is 1. The number of carbonyl (C=O) groups is 1. The minimum absolute atomic E-state index is 0.200. The highest BCUT2D eigenvalue weighted by Crippen LogP contribution is 2.02. The third-order valence-electron chi connectivity index (χ3n) is 1.17. The summed E-state index contributed by atoms with van der Waals surface area (Å²) in [7, 11) is 0. The lowest BCUT2D eigenvalue weighted by atomic mass is 10.4. The Morgan fingerprint density at radius 1 is 1.67 bits per heavy atom. The van der Waals surface area contributed by atoms with E-state index in [2.05, 4.69) is 10.5 Å². The Kier molecular flexibility index (Phi) is 2.63. The maximum absolute atomic E-state index is 10.4. The minimum atomic E-state index is -0.200. The molecule has 4 heteroatoms. The van der Waals surface area contributed by atoms with E-state index in [1.165, 1.54) is 13.1 Å². The zero-order chi connectivity index (χ0) is 8.97. The summed E-state index contributed by atoms with van der Waals surface area (Å²) in [5.74, 6) is 1.25. The van der Waals surface area contributed by atoms with Gasteiger partial charge >= 0.3 is 0 Å². The number of hydrazone groups is 1. The van der Waals surface area contributed by atoms with Crippen LogP contribution in [0, 0.1) is 6.92 Å². The smallest absolute Gasteiger partial charge is 0.236 e. The third kappa shape index (κ3) is 2.57. The lowest BCUT2D eigenvalue weighted by molar-refractivity contribution is -0.118. The first-order valence-corrected chi connectivity index (χ1v) is 3.54. The van der Waals surface area contributed by atoms with E-state index in [1.807, 2.05) is 13.0 Å². The molecule has 0 unspecified atom stereocenters. The summed E-state index contributed by atoms with van der Waals surface area (Å²) in [6.45, 7) is 3.24. The molecule has 1 heterocycles. The zero-order valence-electron chi connectivity index (χ0n) is 7.00. The number of nitrogens with zero attached hydrogens (tertiary/aromatic N) is 1. The van der Waals surface area contributed by atoms with Gasteiger partial charge in [0, 0.05) is 6.92 Å². The zero-order valence-corrected chi connectivity index (χ0v) is 7.00. The SMILES string of the molecule is CC(=O)NN=Cc1ccc(C)o1. The molecule has 1 N–H and O–H groups in total. The number of amides is 1. The number of furan rings is 1. The third-order valence-corrected chi connectivity index (χ3v) is 1.17. The maximum Gasteiger partial charge on any atom is 0.236 e. The highest BCUT2D eigenvalue weighted by Gasteiger charge is 1.92. The van der Waals surface area contributed by atoms with Crippen molar-refractivity contribution >= 4 is 12.1 Å². The molecule has 0 atom stereocenters. The molecule has 0 aliphatic heterocycles. The van der Waals surface area contributed by atoms with E-state index in [9.17, 15) is 4.79 Å². The van der Waals surface area contributed by atoms with Crippen molar-refractivity contribution in [1.29, 1.82) is 0 Å². The summed E-state index contributed by atoms with van der Waals surface area (Å²) in [5, 5.41) is 3.64. The van der Waals surface area contributed by atoms with Gasteiger partial charge in [0.25, 0.3) is 0 Å². The van der Waals surface area contributed by atoms with E-state index in [0.29, 0.717) is 5.76 Å². The van der Waals surface area contributed by atoms with E-state index in [1.54, 1.807) is 6.07 Å². The van der Waals surface area contributed by atoms with Crippen molar-refractivity contribution in [1.82, 2.24) is 5.43 Å². The van der Waals surface area contributed by atoms with Gasteiger partial charge in [-0.25, -0.2) is 5.43 Å². The van der Waals surface area contributed by atoms with Crippen molar-refractivity contribution in [2.24, 2.45) is 5.10 Å². The van der Waals surface area contributed by atoms with Gasteiger partial charge in [-0.05, 0) is 19.1 Å². The number of aryl methyl sites for hydroxylation is 1. The van der Waals surface area contributed by atoms with Gasteiger partial charge in [0.1, 0.15) is 11.5 Å². The van der Waals surface area contributed by atoms with Crippen LogP contribution in [0.25, 0.3) is 0 Å². The molecule has 0 radical (unpaired) electrons. The first kappa shape index (κ1) is 8.52. The minimum Gasteiger partial charge on any atom is -0.460 e. The van der Waals surface area contributed by atoms with Crippen molar-refractivity contribution in [3.63, 3.8) is 0 Å². The normalized spacial score (nSPS) is 10.5. The van der Waals surface area contributed by atoms with Gasteiger partial charge < -0.3 is 4.42 Å². The molecule has 1 aromatic rings. The largest absolute Gasteiger partial charge is 0.460 e. The molecule has 0 spiro atoms. The van der Waals surface area contributed by atoms with Crippen LogP contribution < -0.4 is 5.43 Å². The first-order valence-electron chi connectivity index (χ1n) is 3.54. The molecule has 0 aliphatic rings. The standard InChI is InChI=1S/C8H10N2O2/c1-6-3-4-8(12-6)5-9-10-7(2)11/h3-5H,1-2H3,(H,10,11). The highest BCUT2D eigenvalue weighted by molar-refractivity contribution is 5.79. The van der Waals surface area contributed by atoms with E-state index in [4.69, 9.17) is 4.42 Å². The second kappa shape index (κ2) is 3.71. The number of hydrogen-bond donors (Lipinski definition) is 1. The Bertz CT molecular complexity index is 302. The predicted octanol–water partition coefficient (Wildman–Crippen LogP) is 1.06. The average Bonchev–Trinajstić information content (AvgIpc) is 2.35. The molecule has 1 aromatic heterocycles. The molecule has 0 aliphatic carbocycles. The molecule has 64 valence electrons. The summed E-state index contributed by atoms with van der Waals surface area (Å²) < 4.78 is 5.16. The van der Waals surface area contributed by atoms with Crippen LogP contribution in [-0.2, 0) is 4.79 Å².